The van der Waals surface area contributed by atoms with Crippen molar-refractivity contribution in [2.24, 2.45) is 0 Å². The van der Waals surface area contributed by atoms with E-state index in [0.29, 0.717) is 11.1 Å². The smallest absolute Gasteiger partial charge is 0.251 e. The van der Waals surface area contributed by atoms with Crippen LogP contribution in [-0.4, -0.2) is 29.3 Å². The molecule has 0 aliphatic rings. The van der Waals surface area contributed by atoms with Gasteiger partial charge in [-0.3, -0.25) is 9.78 Å². The molecule has 1 heterocycles. The van der Waals surface area contributed by atoms with Gasteiger partial charge in [0.25, 0.3) is 5.91 Å². The SMILES string of the molecule is CNC(=O)c1ccncc1.N=Cc1c(O)ccc2ccccc12. The Balaban J connectivity index is 0.000000174. The minimum absolute atomic E-state index is 0.0811. The van der Waals surface area contributed by atoms with Gasteiger partial charge in [-0.15, -0.1) is 0 Å². The molecule has 1 amide bonds. The lowest BCUT2D eigenvalue weighted by Gasteiger charge is -2.03. The van der Waals surface area contributed by atoms with Crippen molar-refractivity contribution < 1.29 is 9.90 Å². The maximum absolute atomic E-state index is 10.9. The molecular formula is C18H17N3O2. The van der Waals surface area contributed by atoms with Crippen molar-refractivity contribution in [2.45, 2.75) is 0 Å². The summed E-state index contributed by atoms with van der Waals surface area (Å²) >= 11 is 0. The van der Waals surface area contributed by atoms with Gasteiger partial charge >= 0.3 is 0 Å². The minimum atomic E-state index is -0.0811. The first-order valence-corrected chi connectivity index (χ1v) is 7.00. The molecule has 0 radical (unpaired) electrons. The summed E-state index contributed by atoms with van der Waals surface area (Å²) in [6.45, 7) is 0. The lowest BCUT2D eigenvalue weighted by atomic mass is 10.0. The van der Waals surface area contributed by atoms with Crippen LogP contribution in [0, 0.1) is 5.41 Å². The molecule has 0 saturated heterocycles. The second-order valence-corrected chi connectivity index (χ2v) is 4.68. The summed E-state index contributed by atoms with van der Waals surface area (Å²) in [5.41, 5.74) is 1.22. The number of pyridine rings is 1. The van der Waals surface area contributed by atoms with Crippen LogP contribution >= 0.6 is 0 Å². The van der Waals surface area contributed by atoms with Crippen LogP contribution < -0.4 is 5.32 Å². The Labute approximate surface area is 134 Å². The van der Waals surface area contributed by atoms with E-state index in [4.69, 9.17) is 5.41 Å². The van der Waals surface area contributed by atoms with E-state index < -0.39 is 0 Å². The van der Waals surface area contributed by atoms with Crippen LogP contribution in [0.5, 0.6) is 5.75 Å². The third kappa shape index (κ3) is 3.91. The number of benzene rings is 2. The molecule has 5 heteroatoms. The highest BCUT2D eigenvalue weighted by atomic mass is 16.3. The van der Waals surface area contributed by atoms with E-state index in [2.05, 4.69) is 10.3 Å². The molecule has 0 saturated carbocycles. The van der Waals surface area contributed by atoms with E-state index in [1.54, 1.807) is 37.6 Å². The van der Waals surface area contributed by atoms with Crippen LogP contribution in [0.25, 0.3) is 10.8 Å². The predicted molar refractivity (Wildman–Crippen MR) is 91.1 cm³/mol. The number of aromatic hydroxyl groups is 1. The molecule has 1 aromatic heterocycles. The third-order valence-electron chi connectivity index (χ3n) is 3.26. The fourth-order valence-electron chi connectivity index (χ4n) is 2.08. The fraction of sp³-hybridized carbons (Fsp3) is 0.0556. The summed E-state index contributed by atoms with van der Waals surface area (Å²) in [4.78, 5) is 14.7. The highest BCUT2D eigenvalue weighted by Crippen LogP contribution is 2.24. The number of aromatic nitrogens is 1. The van der Waals surface area contributed by atoms with E-state index >= 15 is 0 Å². The Morgan fingerprint density at radius 3 is 2.48 bits per heavy atom. The van der Waals surface area contributed by atoms with Crippen molar-refractivity contribution in [3.05, 3.63) is 72.1 Å². The Kier molecular flexibility index (Phi) is 5.41. The van der Waals surface area contributed by atoms with Gasteiger partial charge in [0.15, 0.2) is 0 Å². The van der Waals surface area contributed by atoms with Crippen LogP contribution in [0.1, 0.15) is 15.9 Å². The first kappa shape index (κ1) is 16.2. The number of amides is 1. The first-order chi connectivity index (χ1) is 11.2. The molecule has 3 N–H and O–H groups in total. The summed E-state index contributed by atoms with van der Waals surface area (Å²) < 4.78 is 0. The Morgan fingerprint density at radius 2 is 1.83 bits per heavy atom. The van der Waals surface area contributed by atoms with Crippen molar-refractivity contribution in [1.82, 2.24) is 10.3 Å². The summed E-state index contributed by atoms with van der Waals surface area (Å²) in [5, 5.41) is 21.1. The van der Waals surface area contributed by atoms with E-state index in [-0.39, 0.29) is 11.7 Å². The minimum Gasteiger partial charge on any atom is -0.507 e. The molecule has 5 nitrogen and oxygen atoms in total. The van der Waals surface area contributed by atoms with Crippen LogP contribution in [0.3, 0.4) is 0 Å². The van der Waals surface area contributed by atoms with Gasteiger partial charge in [-0.05, 0) is 29.0 Å². The average Bonchev–Trinajstić information content (AvgIpc) is 2.62. The van der Waals surface area contributed by atoms with E-state index in [1.165, 1.54) is 6.21 Å². The predicted octanol–water partition coefficient (Wildman–Crippen LogP) is 2.98. The Morgan fingerprint density at radius 1 is 1.13 bits per heavy atom. The number of nitrogens with one attached hydrogen (secondary N) is 2. The lowest BCUT2D eigenvalue weighted by molar-refractivity contribution is 0.0963. The zero-order valence-corrected chi connectivity index (χ0v) is 12.7. The molecule has 0 atom stereocenters. The molecular weight excluding hydrogens is 290 g/mol. The quantitative estimate of drug-likeness (QED) is 0.636. The highest BCUT2D eigenvalue weighted by Gasteiger charge is 2.02. The number of hydrogen-bond donors (Lipinski definition) is 3. The van der Waals surface area contributed by atoms with Gasteiger partial charge < -0.3 is 15.8 Å². The van der Waals surface area contributed by atoms with E-state index in [1.807, 2.05) is 30.3 Å². The second kappa shape index (κ2) is 7.70. The van der Waals surface area contributed by atoms with Crippen LogP contribution in [0.4, 0.5) is 0 Å². The topological polar surface area (TPSA) is 86.1 Å². The van der Waals surface area contributed by atoms with Gasteiger partial charge in [-0.1, -0.05) is 30.3 Å². The van der Waals surface area contributed by atoms with Crippen molar-refractivity contribution in [1.29, 1.82) is 5.41 Å². The summed E-state index contributed by atoms with van der Waals surface area (Å²) in [5.74, 6) is 0.0797. The maximum Gasteiger partial charge on any atom is 0.251 e. The monoisotopic (exact) mass is 307 g/mol. The van der Waals surface area contributed by atoms with Gasteiger partial charge in [-0.2, -0.15) is 0 Å². The molecule has 116 valence electrons. The zero-order valence-electron chi connectivity index (χ0n) is 12.7. The fourth-order valence-corrected chi connectivity index (χ4v) is 2.08. The molecule has 2 aromatic carbocycles. The number of nitrogens with zero attached hydrogens (tertiary/aromatic N) is 1. The first-order valence-electron chi connectivity index (χ1n) is 7.00. The van der Waals surface area contributed by atoms with Crippen molar-refractivity contribution in [3.63, 3.8) is 0 Å². The summed E-state index contributed by atoms with van der Waals surface area (Å²) in [6.07, 6.45) is 4.35. The van der Waals surface area contributed by atoms with Crippen molar-refractivity contribution >= 4 is 22.9 Å². The van der Waals surface area contributed by atoms with Gasteiger partial charge in [0.05, 0.1) is 0 Å². The largest absolute Gasteiger partial charge is 0.507 e. The molecule has 0 fully saturated rings. The van der Waals surface area contributed by atoms with Gasteiger partial charge in [0.1, 0.15) is 5.75 Å². The Bertz CT molecular complexity index is 817. The molecule has 0 spiro atoms. The number of phenolic OH excluding ortho intramolecular Hbond substituents is 1. The normalized spacial score (nSPS) is 9.61. The molecule has 3 rings (SSSR count). The number of fused-ring (bicyclic) bond motifs is 1. The standard InChI is InChI=1S/C11H9NO.C7H8N2O/c12-7-10-9-4-2-1-3-8(9)5-6-11(10)13;1-8-7(10)6-2-4-9-5-3-6/h1-7,12-13H;2-5H,1H3,(H,8,10). The molecule has 0 aliphatic heterocycles. The molecule has 0 bridgehead atoms. The number of carbonyl (C=O) groups excluding carboxylic acids is 1. The number of phenols is 1. The zero-order chi connectivity index (χ0) is 16.7. The van der Waals surface area contributed by atoms with E-state index in [0.717, 1.165) is 10.8 Å². The Hall–Kier alpha value is -3.21. The van der Waals surface area contributed by atoms with Gasteiger partial charge in [0.2, 0.25) is 0 Å². The molecule has 0 aliphatic carbocycles. The molecule has 0 unspecified atom stereocenters. The van der Waals surface area contributed by atoms with Crippen LogP contribution in [0.2, 0.25) is 0 Å². The number of rotatable bonds is 2. The number of carbonyl (C=O) groups is 1. The van der Waals surface area contributed by atoms with Crippen molar-refractivity contribution in [3.8, 4) is 5.75 Å². The highest BCUT2D eigenvalue weighted by molar-refractivity contribution is 6.01. The molecule has 3 aromatic rings. The van der Waals surface area contributed by atoms with E-state index in [9.17, 15) is 9.90 Å². The van der Waals surface area contributed by atoms with Gasteiger partial charge in [-0.25, -0.2) is 0 Å². The maximum atomic E-state index is 10.9. The second-order valence-electron chi connectivity index (χ2n) is 4.68. The lowest BCUT2D eigenvalue weighted by Crippen LogP contribution is -2.17. The van der Waals surface area contributed by atoms with Gasteiger partial charge in [0, 0.05) is 36.8 Å². The van der Waals surface area contributed by atoms with Crippen LogP contribution in [0.15, 0.2) is 60.9 Å². The third-order valence-corrected chi connectivity index (χ3v) is 3.26. The number of hydrogen-bond acceptors (Lipinski definition) is 4. The van der Waals surface area contributed by atoms with Crippen LogP contribution in [-0.2, 0) is 0 Å². The summed E-state index contributed by atoms with van der Waals surface area (Å²) in [7, 11) is 1.60. The van der Waals surface area contributed by atoms with Crippen molar-refractivity contribution in [2.75, 3.05) is 7.05 Å². The summed E-state index contributed by atoms with van der Waals surface area (Å²) in [6, 6.07) is 14.5. The average molecular weight is 307 g/mol. The molecule has 23 heavy (non-hydrogen) atoms.